The summed E-state index contributed by atoms with van der Waals surface area (Å²) in [7, 11) is 0. The van der Waals surface area contributed by atoms with E-state index >= 15 is 0 Å². The van der Waals surface area contributed by atoms with E-state index in [0.29, 0.717) is 11.1 Å². The quantitative estimate of drug-likeness (QED) is 0.199. The Labute approximate surface area is 277 Å². The molecule has 0 fully saturated rings. The first-order valence-corrected chi connectivity index (χ1v) is 15.9. The Balaban J connectivity index is 1.30. The van der Waals surface area contributed by atoms with Crippen LogP contribution < -0.4 is 0 Å². The molecule has 48 heavy (non-hydrogen) atoms. The molecule has 0 saturated heterocycles. The average molecular weight is 611 g/mol. The van der Waals surface area contributed by atoms with Crippen LogP contribution >= 0.6 is 0 Å². The lowest BCUT2D eigenvalue weighted by Gasteiger charge is -2.18. The molecule has 9 rings (SSSR count). The van der Waals surface area contributed by atoms with Gasteiger partial charge in [0.1, 0.15) is 0 Å². The van der Waals surface area contributed by atoms with Crippen molar-refractivity contribution >= 4 is 43.6 Å². The normalized spacial score (nSPS) is 11.3. The van der Waals surface area contributed by atoms with Gasteiger partial charge in [-0.1, -0.05) is 97.1 Å². The molecule has 0 spiro atoms. The molecule has 0 bridgehead atoms. The van der Waals surface area contributed by atoms with Gasteiger partial charge >= 0.3 is 0 Å². The molecular weight excluding hydrogens is 585 g/mol. The fraction of sp³-hybridized carbons (Fsp3) is 0. The first-order valence-electron chi connectivity index (χ1n) is 15.9. The van der Waals surface area contributed by atoms with Gasteiger partial charge < -0.3 is 9.13 Å². The van der Waals surface area contributed by atoms with Gasteiger partial charge in [-0.15, -0.1) is 0 Å². The standard InChI is InChI=1S/C44H26N4/c45-27-29-23-24-43-38(25-29)36-17-4-8-22-42(36)48(43)41-21-7-3-16-35(41)37-18-10-12-31(28-46)44(37)30-11-9-13-32(26-30)47-39-19-5-1-14-33(39)34-15-2-6-20-40(34)47/h1-26H. The fourth-order valence-corrected chi connectivity index (χ4v) is 7.38. The summed E-state index contributed by atoms with van der Waals surface area (Å²) in [4.78, 5) is 0. The van der Waals surface area contributed by atoms with Crippen LogP contribution in [-0.4, -0.2) is 9.13 Å². The number of rotatable bonds is 4. The summed E-state index contributed by atoms with van der Waals surface area (Å²) in [6, 6.07) is 58.9. The van der Waals surface area contributed by atoms with Crippen LogP contribution in [0.5, 0.6) is 0 Å². The topological polar surface area (TPSA) is 57.4 Å². The first kappa shape index (κ1) is 27.4. The molecule has 0 amide bonds. The monoisotopic (exact) mass is 610 g/mol. The maximum absolute atomic E-state index is 10.5. The lowest BCUT2D eigenvalue weighted by atomic mass is 9.90. The Morgan fingerprint density at radius 1 is 0.417 bits per heavy atom. The van der Waals surface area contributed by atoms with E-state index in [-0.39, 0.29) is 0 Å². The molecule has 0 aliphatic heterocycles. The van der Waals surface area contributed by atoms with E-state index in [4.69, 9.17) is 0 Å². The molecule has 4 nitrogen and oxygen atoms in total. The summed E-state index contributed by atoms with van der Waals surface area (Å²) in [5.41, 5.74) is 11.5. The fourth-order valence-electron chi connectivity index (χ4n) is 7.38. The molecular formula is C44H26N4. The number of benzene rings is 7. The van der Waals surface area contributed by atoms with Gasteiger partial charge in [0.2, 0.25) is 0 Å². The Kier molecular flexibility index (Phi) is 6.22. The van der Waals surface area contributed by atoms with Gasteiger partial charge in [0.25, 0.3) is 0 Å². The van der Waals surface area contributed by atoms with Crippen LogP contribution in [-0.2, 0) is 0 Å². The molecule has 0 saturated carbocycles. The number of aromatic nitrogens is 2. The summed E-state index contributed by atoms with van der Waals surface area (Å²) < 4.78 is 4.59. The number of nitrogens with zero attached hydrogens (tertiary/aromatic N) is 4. The molecule has 7 aromatic carbocycles. The van der Waals surface area contributed by atoms with Crippen LogP contribution in [0.3, 0.4) is 0 Å². The van der Waals surface area contributed by atoms with E-state index in [2.05, 4.69) is 137 Å². The van der Waals surface area contributed by atoms with Gasteiger partial charge in [-0.25, -0.2) is 0 Å². The van der Waals surface area contributed by atoms with Crippen molar-refractivity contribution < 1.29 is 0 Å². The maximum atomic E-state index is 10.5. The van der Waals surface area contributed by atoms with Crippen LogP contribution in [0.2, 0.25) is 0 Å². The number of hydrogen-bond donors (Lipinski definition) is 0. The van der Waals surface area contributed by atoms with Gasteiger partial charge in [0.05, 0.1) is 51.0 Å². The van der Waals surface area contributed by atoms with Crippen molar-refractivity contribution in [3.8, 4) is 45.8 Å². The van der Waals surface area contributed by atoms with E-state index in [0.717, 1.165) is 66.5 Å². The van der Waals surface area contributed by atoms with Gasteiger partial charge in [0, 0.05) is 38.4 Å². The van der Waals surface area contributed by atoms with Crippen LogP contribution in [0.25, 0.3) is 77.2 Å². The van der Waals surface area contributed by atoms with E-state index in [1.165, 1.54) is 10.8 Å². The predicted octanol–water partition coefficient (Wildman–Crippen LogP) is 11.0. The van der Waals surface area contributed by atoms with E-state index in [1.54, 1.807) is 0 Å². The van der Waals surface area contributed by atoms with Crippen LogP contribution in [0.15, 0.2) is 158 Å². The smallest absolute Gasteiger partial charge is 0.0998 e. The summed E-state index contributed by atoms with van der Waals surface area (Å²) in [6.07, 6.45) is 0. The highest BCUT2D eigenvalue weighted by molar-refractivity contribution is 6.11. The number of hydrogen-bond acceptors (Lipinski definition) is 2. The molecule has 4 heteroatoms. The number of para-hydroxylation sites is 4. The summed E-state index contributed by atoms with van der Waals surface area (Å²) in [5.74, 6) is 0. The third kappa shape index (κ3) is 4.07. The van der Waals surface area contributed by atoms with Gasteiger partial charge in [0.15, 0.2) is 0 Å². The third-order valence-electron chi connectivity index (χ3n) is 9.39. The summed E-state index contributed by atoms with van der Waals surface area (Å²) in [6.45, 7) is 0. The molecule has 0 aliphatic rings. The van der Waals surface area contributed by atoms with Crippen LogP contribution in [0, 0.1) is 22.7 Å². The molecule has 2 aromatic heterocycles. The number of fused-ring (bicyclic) bond motifs is 6. The largest absolute Gasteiger partial charge is 0.309 e. The van der Waals surface area contributed by atoms with E-state index in [1.807, 2.05) is 42.5 Å². The van der Waals surface area contributed by atoms with Crippen molar-refractivity contribution in [2.24, 2.45) is 0 Å². The Morgan fingerprint density at radius 2 is 1.00 bits per heavy atom. The van der Waals surface area contributed by atoms with E-state index < -0.39 is 0 Å². The Hall–Kier alpha value is -6.88. The summed E-state index contributed by atoms with van der Waals surface area (Å²) >= 11 is 0. The zero-order valence-corrected chi connectivity index (χ0v) is 25.8. The van der Waals surface area contributed by atoms with Crippen molar-refractivity contribution in [1.29, 1.82) is 10.5 Å². The zero-order valence-electron chi connectivity index (χ0n) is 25.8. The maximum Gasteiger partial charge on any atom is 0.0998 e. The van der Waals surface area contributed by atoms with Gasteiger partial charge in [-0.05, 0) is 71.8 Å². The second-order valence-electron chi connectivity index (χ2n) is 12.0. The second-order valence-corrected chi connectivity index (χ2v) is 12.0. The van der Waals surface area contributed by atoms with Crippen molar-refractivity contribution in [2.75, 3.05) is 0 Å². The highest BCUT2D eigenvalue weighted by atomic mass is 15.0. The predicted molar refractivity (Wildman–Crippen MR) is 195 cm³/mol. The minimum atomic E-state index is 0.613. The third-order valence-corrected chi connectivity index (χ3v) is 9.39. The second kappa shape index (κ2) is 10.9. The number of nitriles is 2. The van der Waals surface area contributed by atoms with Crippen molar-refractivity contribution in [1.82, 2.24) is 9.13 Å². The lowest BCUT2D eigenvalue weighted by molar-refractivity contribution is 1.18. The molecule has 0 N–H and O–H groups in total. The molecule has 222 valence electrons. The minimum absolute atomic E-state index is 0.613. The van der Waals surface area contributed by atoms with Gasteiger partial charge in [-0.3, -0.25) is 0 Å². The highest BCUT2D eigenvalue weighted by Crippen LogP contribution is 2.42. The molecule has 2 heterocycles. The molecule has 0 radical (unpaired) electrons. The lowest BCUT2D eigenvalue weighted by Crippen LogP contribution is -1.99. The van der Waals surface area contributed by atoms with E-state index in [9.17, 15) is 10.5 Å². The molecule has 0 unspecified atom stereocenters. The highest BCUT2D eigenvalue weighted by Gasteiger charge is 2.20. The Bertz CT molecular complexity index is 2760. The van der Waals surface area contributed by atoms with Crippen molar-refractivity contribution in [3.63, 3.8) is 0 Å². The van der Waals surface area contributed by atoms with Crippen molar-refractivity contribution in [3.05, 3.63) is 169 Å². The van der Waals surface area contributed by atoms with Gasteiger partial charge in [-0.2, -0.15) is 10.5 Å². The summed E-state index contributed by atoms with van der Waals surface area (Å²) in [5, 5.41) is 24.7. The Morgan fingerprint density at radius 3 is 1.71 bits per heavy atom. The zero-order chi connectivity index (χ0) is 32.2. The molecule has 0 atom stereocenters. The SMILES string of the molecule is N#Cc1ccc2c(c1)c1ccccc1n2-c1ccccc1-c1cccc(C#N)c1-c1cccc(-n2c3ccccc3c3ccccc32)c1. The average Bonchev–Trinajstić information content (AvgIpc) is 3.67. The molecule has 9 aromatic rings. The molecule has 0 aliphatic carbocycles. The van der Waals surface area contributed by atoms with Crippen LogP contribution in [0.1, 0.15) is 11.1 Å². The van der Waals surface area contributed by atoms with Crippen LogP contribution in [0.4, 0.5) is 0 Å². The van der Waals surface area contributed by atoms with Crippen molar-refractivity contribution in [2.45, 2.75) is 0 Å². The minimum Gasteiger partial charge on any atom is -0.309 e. The first-order chi connectivity index (χ1) is 23.7.